The van der Waals surface area contributed by atoms with Crippen LogP contribution in [0, 0.1) is 11.8 Å². The minimum absolute atomic E-state index is 0. The highest BCUT2D eigenvalue weighted by molar-refractivity contribution is 9.09. The number of hydrogen-bond acceptors (Lipinski definition) is 0. The highest BCUT2D eigenvalue weighted by Crippen LogP contribution is 1.70. The van der Waals surface area contributed by atoms with E-state index in [1.807, 2.05) is 6.92 Å². The van der Waals surface area contributed by atoms with Crippen molar-refractivity contribution >= 4 is 39.0 Å². The third kappa shape index (κ3) is 8.84. The molecule has 0 spiro atoms. The van der Waals surface area contributed by atoms with Gasteiger partial charge in [0, 0.05) is 0 Å². The molecule has 0 heterocycles. The SMILES string of the molecule is CC#CCBr.[MgH2]. The van der Waals surface area contributed by atoms with Crippen molar-refractivity contribution in [3.05, 3.63) is 0 Å². The molecule has 0 nitrogen and oxygen atoms in total. The number of alkyl halides is 1. The lowest BCUT2D eigenvalue weighted by molar-refractivity contribution is 1.86. The Bertz CT molecular complexity index is 59.7. The van der Waals surface area contributed by atoms with Gasteiger partial charge in [-0.2, -0.15) is 0 Å². The average Bonchev–Trinajstić information content (AvgIpc) is 1.41. The Balaban J connectivity index is 0. The molecule has 0 aromatic carbocycles. The number of halogens is 1. The second-order valence-corrected chi connectivity index (χ2v) is 1.12. The van der Waals surface area contributed by atoms with Crippen molar-refractivity contribution in [2.75, 3.05) is 5.33 Å². The second-order valence-electron chi connectivity index (χ2n) is 0.560. The molecule has 6 heavy (non-hydrogen) atoms. The molecule has 0 rings (SSSR count). The molecule has 0 bridgehead atoms. The summed E-state index contributed by atoms with van der Waals surface area (Å²) in [4.78, 5) is 0. The topological polar surface area (TPSA) is 0 Å². The predicted molar refractivity (Wildman–Crippen MR) is 35.8 cm³/mol. The first-order valence-corrected chi connectivity index (χ1v) is 2.49. The number of rotatable bonds is 0. The zero-order valence-corrected chi connectivity index (χ0v) is 4.67. The average molecular weight is 159 g/mol. The Kier molecular flexibility index (Phi) is 15.3. The first kappa shape index (κ1) is 9.93. The highest BCUT2D eigenvalue weighted by Gasteiger charge is 1.50. The number of hydrogen-bond donors (Lipinski definition) is 0. The van der Waals surface area contributed by atoms with Crippen molar-refractivity contribution < 1.29 is 0 Å². The Hall–Kier alpha value is 0.806. The van der Waals surface area contributed by atoms with E-state index < -0.39 is 0 Å². The molecule has 0 aliphatic carbocycles. The van der Waals surface area contributed by atoms with Gasteiger partial charge in [-0.05, 0) is 6.92 Å². The van der Waals surface area contributed by atoms with E-state index in [-0.39, 0.29) is 23.1 Å². The van der Waals surface area contributed by atoms with Crippen molar-refractivity contribution in [2.45, 2.75) is 6.92 Å². The molecule has 0 radical (unpaired) electrons. The summed E-state index contributed by atoms with van der Waals surface area (Å²) < 4.78 is 0. The zero-order valence-electron chi connectivity index (χ0n) is 3.09. The molecule has 32 valence electrons. The van der Waals surface area contributed by atoms with Crippen molar-refractivity contribution in [3.63, 3.8) is 0 Å². The van der Waals surface area contributed by atoms with Gasteiger partial charge in [0.05, 0.1) is 5.33 Å². The maximum Gasteiger partial charge on any atom is 0.316 e. The zero-order chi connectivity index (χ0) is 4.12. The molecule has 0 atom stereocenters. The summed E-state index contributed by atoms with van der Waals surface area (Å²) in [6.45, 7) is 1.82. The molecule has 0 saturated heterocycles. The summed E-state index contributed by atoms with van der Waals surface area (Å²) in [7, 11) is 0. The third-order valence-electron chi connectivity index (χ3n) is 0.244. The van der Waals surface area contributed by atoms with E-state index in [2.05, 4.69) is 27.8 Å². The van der Waals surface area contributed by atoms with Crippen molar-refractivity contribution in [1.82, 2.24) is 0 Å². The van der Waals surface area contributed by atoms with E-state index in [1.165, 1.54) is 0 Å². The summed E-state index contributed by atoms with van der Waals surface area (Å²) in [5, 5.41) is 0.795. The van der Waals surface area contributed by atoms with Gasteiger partial charge in [-0.15, -0.1) is 5.92 Å². The van der Waals surface area contributed by atoms with Crippen LogP contribution in [0.15, 0.2) is 0 Å². The molecule has 0 saturated carbocycles. The first-order valence-electron chi connectivity index (χ1n) is 1.37. The van der Waals surface area contributed by atoms with Crippen LogP contribution in [-0.2, 0) is 0 Å². The molecular weight excluding hydrogens is 152 g/mol. The van der Waals surface area contributed by atoms with Crippen LogP contribution < -0.4 is 0 Å². The minimum atomic E-state index is 0. The van der Waals surface area contributed by atoms with Crippen LogP contribution >= 0.6 is 15.9 Å². The molecule has 0 aliphatic rings. The second kappa shape index (κ2) is 9.26. The van der Waals surface area contributed by atoms with E-state index in [9.17, 15) is 0 Å². The molecule has 0 fully saturated rings. The molecular formula is C4H7BrMg. The lowest BCUT2D eigenvalue weighted by Gasteiger charge is -1.56. The van der Waals surface area contributed by atoms with E-state index in [4.69, 9.17) is 0 Å². The third-order valence-corrected chi connectivity index (χ3v) is 0.524. The normalized spacial score (nSPS) is 4.33. The smallest absolute Gasteiger partial charge is 0.106 e. The Morgan fingerprint density at radius 2 is 2.17 bits per heavy atom. The fraction of sp³-hybridized carbons (Fsp3) is 0.500. The quantitative estimate of drug-likeness (QED) is 0.274. The molecule has 0 unspecified atom stereocenters. The Morgan fingerprint density at radius 1 is 1.67 bits per heavy atom. The van der Waals surface area contributed by atoms with Gasteiger partial charge >= 0.3 is 23.1 Å². The summed E-state index contributed by atoms with van der Waals surface area (Å²) >= 11 is 3.14. The molecule has 0 aliphatic heterocycles. The van der Waals surface area contributed by atoms with Gasteiger partial charge < -0.3 is 0 Å². The van der Waals surface area contributed by atoms with Gasteiger partial charge in [0.15, 0.2) is 0 Å². The fourth-order valence-corrected chi connectivity index (χ4v) is 0.347. The van der Waals surface area contributed by atoms with E-state index in [1.54, 1.807) is 0 Å². The Labute approximate surface area is 63.0 Å². The van der Waals surface area contributed by atoms with E-state index in [0.29, 0.717) is 0 Å². The van der Waals surface area contributed by atoms with Gasteiger partial charge in [-0.3, -0.25) is 0 Å². The summed E-state index contributed by atoms with van der Waals surface area (Å²) in [5.74, 6) is 5.50. The monoisotopic (exact) mass is 158 g/mol. The molecule has 0 amide bonds. The largest absolute Gasteiger partial charge is 0.316 e. The van der Waals surface area contributed by atoms with Crippen LogP contribution in [-0.4, -0.2) is 28.4 Å². The minimum Gasteiger partial charge on any atom is -0.106 e. The van der Waals surface area contributed by atoms with Crippen LogP contribution in [0.25, 0.3) is 0 Å². The van der Waals surface area contributed by atoms with E-state index in [0.717, 1.165) is 5.33 Å². The maximum atomic E-state index is 3.14. The lowest BCUT2D eigenvalue weighted by Crippen LogP contribution is -1.51. The molecule has 0 aromatic rings. The first-order chi connectivity index (χ1) is 2.41. The Morgan fingerprint density at radius 3 is 2.17 bits per heavy atom. The highest BCUT2D eigenvalue weighted by atomic mass is 79.9. The van der Waals surface area contributed by atoms with Gasteiger partial charge in [0.1, 0.15) is 0 Å². The van der Waals surface area contributed by atoms with Crippen LogP contribution in [0.1, 0.15) is 6.92 Å². The van der Waals surface area contributed by atoms with Gasteiger partial charge in [-0.25, -0.2) is 0 Å². The van der Waals surface area contributed by atoms with Gasteiger partial charge in [0.25, 0.3) is 0 Å². The summed E-state index contributed by atoms with van der Waals surface area (Å²) in [5.41, 5.74) is 0. The van der Waals surface area contributed by atoms with Gasteiger partial charge in [0.2, 0.25) is 0 Å². The summed E-state index contributed by atoms with van der Waals surface area (Å²) in [6.07, 6.45) is 0. The summed E-state index contributed by atoms with van der Waals surface area (Å²) in [6, 6.07) is 0. The van der Waals surface area contributed by atoms with Crippen molar-refractivity contribution in [2.24, 2.45) is 0 Å². The predicted octanol–water partition coefficient (Wildman–Crippen LogP) is 0.488. The standard InChI is InChI=1S/C4H5Br.Mg.2H/c1-2-3-4-5;;;/h4H2,1H3;;;. The molecule has 2 heteroatoms. The van der Waals surface area contributed by atoms with Crippen LogP contribution in [0.4, 0.5) is 0 Å². The molecule has 0 N–H and O–H groups in total. The molecule has 0 aromatic heterocycles. The fourth-order valence-electron chi connectivity index (χ4n) is 0.0668. The van der Waals surface area contributed by atoms with Gasteiger partial charge in [-0.1, -0.05) is 21.9 Å². The van der Waals surface area contributed by atoms with Crippen LogP contribution in [0.2, 0.25) is 0 Å². The van der Waals surface area contributed by atoms with Crippen LogP contribution in [0.5, 0.6) is 0 Å². The maximum absolute atomic E-state index is 3.14. The lowest BCUT2D eigenvalue weighted by atomic mass is 10.7. The van der Waals surface area contributed by atoms with Crippen molar-refractivity contribution in [3.8, 4) is 11.8 Å². The van der Waals surface area contributed by atoms with Crippen molar-refractivity contribution in [1.29, 1.82) is 0 Å². The van der Waals surface area contributed by atoms with Crippen LogP contribution in [0.3, 0.4) is 0 Å². The van der Waals surface area contributed by atoms with E-state index >= 15 is 0 Å².